The molecule has 10 heteroatoms. The van der Waals surface area contributed by atoms with E-state index in [1.54, 1.807) is 30.2 Å². The van der Waals surface area contributed by atoms with E-state index < -0.39 is 6.17 Å². The molecule has 1 amide bonds. The highest BCUT2D eigenvalue weighted by Crippen LogP contribution is 2.24. The zero-order valence-corrected chi connectivity index (χ0v) is 16.1. The molecule has 2 fully saturated rings. The number of alkyl halides is 1. The molecule has 5 rings (SSSR count). The van der Waals surface area contributed by atoms with Gasteiger partial charge in [0.1, 0.15) is 11.7 Å². The molecule has 3 aromatic rings. The molecule has 2 aliphatic rings. The Bertz CT molecular complexity index is 1130. The summed E-state index contributed by atoms with van der Waals surface area (Å²) in [5, 5.41) is 8.62. The fraction of sp³-hybridized carbons (Fsp3) is 0.474. The van der Waals surface area contributed by atoms with Gasteiger partial charge in [-0.25, -0.2) is 13.6 Å². The molecule has 0 unspecified atom stereocenters. The van der Waals surface area contributed by atoms with Crippen LogP contribution in [0.1, 0.15) is 28.9 Å². The van der Waals surface area contributed by atoms with Crippen LogP contribution in [0.3, 0.4) is 0 Å². The van der Waals surface area contributed by atoms with Gasteiger partial charge in [0.15, 0.2) is 0 Å². The molecular formula is C19H22FN7O2. The summed E-state index contributed by atoms with van der Waals surface area (Å²) in [6.07, 6.45) is 3.93. The number of H-pyrrole nitrogens is 1. The Labute approximate surface area is 165 Å². The highest BCUT2D eigenvalue weighted by molar-refractivity contribution is 5.95. The van der Waals surface area contributed by atoms with E-state index in [9.17, 15) is 14.0 Å². The van der Waals surface area contributed by atoms with E-state index in [2.05, 4.69) is 20.1 Å². The number of piperidine rings is 1. The molecule has 0 aromatic carbocycles. The van der Waals surface area contributed by atoms with Gasteiger partial charge in [-0.3, -0.25) is 19.5 Å². The van der Waals surface area contributed by atoms with Gasteiger partial charge < -0.3 is 4.90 Å². The zero-order chi connectivity index (χ0) is 20.1. The number of aromatic amines is 1. The Morgan fingerprint density at radius 1 is 1.31 bits per heavy atom. The number of carbonyl (C=O) groups is 1. The number of rotatable bonds is 3. The van der Waals surface area contributed by atoms with Crippen molar-refractivity contribution in [2.45, 2.75) is 32.0 Å². The lowest BCUT2D eigenvalue weighted by atomic mass is 10.0. The second-order valence-corrected chi connectivity index (χ2v) is 7.77. The molecule has 0 spiro atoms. The van der Waals surface area contributed by atoms with Gasteiger partial charge in [0.05, 0.1) is 17.5 Å². The molecule has 1 N–H and O–H groups in total. The van der Waals surface area contributed by atoms with Crippen molar-refractivity contribution in [2.24, 2.45) is 0 Å². The van der Waals surface area contributed by atoms with Gasteiger partial charge in [0.25, 0.3) is 11.5 Å². The van der Waals surface area contributed by atoms with Crippen LogP contribution >= 0.6 is 0 Å². The van der Waals surface area contributed by atoms with E-state index in [0.717, 1.165) is 13.0 Å². The van der Waals surface area contributed by atoms with Crippen LogP contribution in [-0.4, -0.2) is 78.5 Å². The zero-order valence-electron chi connectivity index (χ0n) is 16.1. The van der Waals surface area contributed by atoms with E-state index in [4.69, 9.17) is 0 Å². The average molecular weight is 399 g/mol. The summed E-state index contributed by atoms with van der Waals surface area (Å²) < 4.78 is 16.6. The smallest absolute Gasteiger partial charge is 0.276 e. The standard InChI is InChI=1S/C19H22FN7O2/c1-12-15(18(29)25-10-14(11-25)24-6-2-4-13(20)9-24)8-21-27(12)19-22-17(28)16-5-3-7-26(16)23-19/h3,5,7-8,13-14H,2,4,6,9-11H2,1H3,(H,22,23,28)/t13-/m0/s1. The van der Waals surface area contributed by atoms with Crippen molar-refractivity contribution in [3.05, 3.63) is 46.1 Å². The van der Waals surface area contributed by atoms with Crippen molar-refractivity contribution in [1.29, 1.82) is 0 Å². The Balaban J connectivity index is 1.33. The number of nitrogens with one attached hydrogen (secondary N) is 1. The van der Waals surface area contributed by atoms with Crippen molar-refractivity contribution in [2.75, 3.05) is 26.2 Å². The molecule has 152 valence electrons. The van der Waals surface area contributed by atoms with E-state index in [0.29, 0.717) is 42.8 Å². The maximum Gasteiger partial charge on any atom is 0.276 e. The van der Waals surface area contributed by atoms with E-state index in [1.165, 1.54) is 15.4 Å². The maximum absolute atomic E-state index is 13.6. The Kier molecular flexibility index (Phi) is 4.23. The first-order valence-electron chi connectivity index (χ1n) is 9.81. The molecule has 3 aromatic heterocycles. The largest absolute Gasteiger partial charge is 0.335 e. The first kappa shape index (κ1) is 18.0. The molecule has 2 aliphatic heterocycles. The summed E-state index contributed by atoms with van der Waals surface area (Å²) in [6, 6.07) is 3.64. The number of amides is 1. The average Bonchev–Trinajstić information content (AvgIpc) is 3.27. The monoisotopic (exact) mass is 399 g/mol. The molecule has 5 heterocycles. The third kappa shape index (κ3) is 3.03. The number of likely N-dealkylation sites (tertiary alicyclic amines) is 2. The summed E-state index contributed by atoms with van der Waals surface area (Å²) in [5.41, 5.74) is 1.24. The number of aromatic nitrogens is 5. The minimum absolute atomic E-state index is 0.108. The fourth-order valence-corrected chi connectivity index (χ4v) is 4.17. The molecule has 0 bridgehead atoms. The number of hydrogen-bond donors (Lipinski definition) is 1. The predicted octanol–water partition coefficient (Wildman–Crippen LogP) is 0.775. The summed E-state index contributed by atoms with van der Waals surface area (Å²) in [4.78, 5) is 31.7. The number of hydrogen-bond acceptors (Lipinski definition) is 5. The second-order valence-electron chi connectivity index (χ2n) is 7.77. The van der Waals surface area contributed by atoms with Gasteiger partial charge in [-0.1, -0.05) is 0 Å². The summed E-state index contributed by atoms with van der Waals surface area (Å²) in [6.45, 7) is 4.33. The van der Waals surface area contributed by atoms with Crippen LogP contribution < -0.4 is 5.56 Å². The Hall–Kier alpha value is -3.01. The summed E-state index contributed by atoms with van der Waals surface area (Å²) >= 11 is 0. The number of halogens is 1. The first-order chi connectivity index (χ1) is 14.0. The lowest BCUT2D eigenvalue weighted by Crippen LogP contribution is -2.62. The fourth-order valence-electron chi connectivity index (χ4n) is 4.17. The molecule has 29 heavy (non-hydrogen) atoms. The maximum atomic E-state index is 13.6. The molecular weight excluding hydrogens is 377 g/mol. The minimum atomic E-state index is -0.763. The van der Waals surface area contributed by atoms with E-state index >= 15 is 0 Å². The molecule has 2 saturated heterocycles. The van der Waals surface area contributed by atoms with E-state index in [-0.39, 0.29) is 23.5 Å². The van der Waals surface area contributed by atoms with Crippen molar-refractivity contribution >= 4 is 11.4 Å². The van der Waals surface area contributed by atoms with Gasteiger partial charge in [-0.05, 0) is 38.4 Å². The second kappa shape index (κ2) is 6.80. The molecule has 0 aliphatic carbocycles. The topological polar surface area (TPSA) is 91.5 Å². The van der Waals surface area contributed by atoms with Crippen LogP contribution in [0.2, 0.25) is 0 Å². The molecule has 9 nitrogen and oxygen atoms in total. The van der Waals surface area contributed by atoms with Crippen LogP contribution in [0, 0.1) is 6.92 Å². The van der Waals surface area contributed by atoms with Crippen molar-refractivity contribution in [1.82, 2.24) is 34.2 Å². The number of carbonyl (C=O) groups excluding carboxylic acids is 1. The normalized spacial score (nSPS) is 20.9. The molecule has 0 radical (unpaired) electrons. The van der Waals surface area contributed by atoms with Crippen molar-refractivity contribution in [3.8, 4) is 5.95 Å². The van der Waals surface area contributed by atoms with Gasteiger partial charge in [0, 0.05) is 31.9 Å². The molecule has 1 atom stereocenters. The van der Waals surface area contributed by atoms with Crippen LogP contribution in [0.15, 0.2) is 29.3 Å². The van der Waals surface area contributed by atoms with Crippen LogP contribution in [0.25, 0.3) is 11.5 Å². The SMILES string of the molecule is Cc1c(C(=O)N2CC(N3CCC[C@H](F)C3)C2)cnn1-c1nn2cccc2c(=O)[nH]1. The third-order valence-electron chi connectivity index (χ3n) is 5.89. The van der Waals surface area contributed by atoms with Crippen molar-refractivity contribution < 1.29 is 9.18 Å². The molecule has 0 saturated carbocycles. The van der Waals surface area contributed by atoms with Gasteiger partial charge >= 0.3 is 0 Å². The van der Waals surface area contributed by atoms with Gasteiger partial charge in [0.2, 0.25) is 5.95 Å². The summed E-state index contributed by atoms with van der Waals surface area (Å²) in [5.74, 6) is 0.141. The number of nitrogens with zero attached hydrogens (tertiary/aromatic N) is 6. The quantitative estimate of drug-likeness (QED) is 0.703. The summed E-state index contributed by atoms with van der Waals surface area (Å²) in [7, 11) is 0. The lowest BCUT2D eigenvalue weighted by molar-refractivity contribution is 0.00684. The lowest BCUT2D eigenvalue weighted by Gasteiger charge is -2.47. The van der Waals surface area contributed by atoms with Gasteiger partial charge in [-0.15, -0.1) is 5.10 Å². The Morgan fingerprint density at radius 2 is 2.14 bits per heavy atom. The third-order valence-corrected chi connectivity index (χ3v) is 5.89. The van der Waals surface area contributed by atoms with E-state index in [1.807, 2.05) is 0 Å². The van der Waals surface area contributed by atoms with Gasteiger partial charge in [-0.2, -0.15) is 5.10 Å². The minimum Gasteiger partial charge on any atom is -0.335 e. The highest BCUT2D eigenvalue weighted by atomic mass is 19.1. The number of fused-ring (bicyclic) bond motifs is 1. The first-order valence-corrected chi connectivity index (χ1v) is 9.81. The Morgan fingerprint density at radius 3 is 2.93 bits per heavy atom. The van der Waals surface area contributed by atoms with Crippen LogP contribution in [0.5, 0.6) is 0 Å². The predicted molar refractivity (Wildman–Crippen MR) is 103 cm³/mol. The van der Waals surface area contributed by atoms with Crippen LogP contribution in [0.4, 0.5) is 4.39 Å². The van der Waals surface area contributed by atoms with Crippen LogP contribution in [-0.2, 0) is 0 Å². The highest BCUT2D eigenvalue weighted by Gasteiger charge is 2.38. The van der Waals surface area contributed by atoms with Crippen molar-refractivity contribution in [3.63, 3.8) is 0 Å².